The van der Waals surface area contributed by atoms with Crippen molar-refractivity contribution in [2.24, 2.45) is 11.1 Å². The van der Waals surface area contributed by atoms with Crippen molar-refractivity contribution in [2.45, 2.75) is 31.3 Å². The molecule has 6 heteroatoms. The van der Waals surface area contributed by atoms with E-state index in [1.165, 1.54) is 4.90 Å². The van der Waals surface area contributed by atoms with E-state index in [-0.39, 0.29) is 23.7 Å². The maximum absolute atomic E-state index is 12.4. The van der Waals surface area contributed by atoms with E-state index in [2.05, 4.69) is 6.92 Å². The van der Waals surface area contributed by atoms with Gasteiger partial charge in [0.25, 0.3) is 5.91 Å². The molecular formula is C16H25ClN2O2S. The molecular weight excluding hydrogens is 320 g/mol. The number of carbonyl (C=O) groups excluding carboxylic acids is 1. The van der Waals surface area contributed by atoms with Gasteiger partial charge in [-0.25, -0.2) is 0 Å². The van der Waals surface area contributed by atoms with Crippen LogP contribution in [0.4, 0.5) is 0 Å². The molecule has 1 aromatic carbocycles. The average molecular weight is 345 g/mol. The van der Waals surface area contributed by atoms with Gasteiger partial charge in [-0.2, -0.15) is 0 Å². The molecule has 1 aliphatic heterocycles. The second-order valence-electron chi connectivity index (χ2n) is 5.96. The molecule has 1 amide bonds. The number of rotatable bonds is 5. The van der Waals surface area contributed by atoms with E-state index in [1.807, 2.05) is 42.3 Å². The van der Waals surface area contributed by atoms with E-state index in [4.69, 9.17) is 10.5 Å². The first-order chi connectivity index (χ1) is 9.97. The molecule has 0 saturated carbocycles. The van der Waals surface area contributed by atoms with Crippen LogP contribution in [0.3, 0.4) is 0 Å². The first-order valence-corrected chi connectivity index (χ1v) is 8.49. The molecule has 1 heterocycles. The number of halogens is 1. The Kier molecular flexibility index (Phi) is 7.03. The Morgan fingerprint density at radius 3 is 2.59 bits per heavy atom. The summed E-state index contributed by atoms with van der Waals surface area (Å²) in [5.41, 5.74) is 5.84. The lowest BCUT2D eigenvalue weighted by molar-refractivity contribution is -0.137. The highest BCUT2D eigenvalue weighted by Crippen LogP contribution is 2.29. The first-order valence-electron chi connectivity index (χ1n) is 7.27. The number of carbonyl (C=O) groups is 1. The quantitative estimate of drug-likeness (QED) is 0.834. The van der Waals surface area contributed by atoms with Crippen molar-refractivity contribution in [1.29, 1.82) is 0 Å². The summed E-state index contributed by atoms with van der Waals surface area (Å²) in [5.74, 6) is 0.774. The highest BCUT2D eigenvalue weighted by molar-refractivity contribution is 7.98. The molecule has 1 saturated heterocycles. The second-order valence-corrected chi connectivity index (χ2v) is 6.84. The van der Waals surface area contributed by atoms with Crippen molar-refractivity contribution in [1.82, 2.24) is 4.90 Å². The molecule has 2 unspecified atom stereocenters. The molecule has 124 valence electrons. The largest absolute Gasteiger partial charge is 0.481 e. The predicted molar refractivity (Wildman–Crippen MR) is 93.9 cm³/mol. The van der Waals surface area contributed by atoms with E-state index in [1.54, 1.807) is 11.8 Å². The molecule has 0 radical (unpaired) electrons. The molecule has 2 rings (SSSR count). The molecule has 2 N–H and O–H groups in total. The third-order valence-corrected chi connectivity index (χ3v) is 4.83. The topological polar surface area (TPSA) is 55.6 Å². The molecule has 0 bridgehead atoms. The second kappa shape index (κ2) is 8.09. The van der Waals surface area contributed by atoms with Crippen molar-refractivity contribution in [2.75, 3.05) is 25.9 Å². The summed E-state index contributed by atoms with van der Waals surface area (Å²) in [4.78, 5) is 15.5. The van der Waals surface area contributed by atoms with Crippen LogP contribution in [-0.2, 0) is 4.79 Å². The van der Waals surface area contributed by atoms with E-state index in [0.717, 1.165) is 25.3 Å². The fourth-order valence-electron chi connectivity index (χ4n) is 2.54. The standard InChI is InChI=1S/C16H24N2O2S.ClH/c1-12(20-13-4-6-14(21-3)7-5-13)15(19)18-9-8-16(2,10-17)11-18;/h4-7,12H,8-11,17H2,1-3H3;1H. The van der Waals surface area contributed by atoms with Crippen molar-refractivity contribution in [3.63, 3.8) is 0 Å². The lowest BCUT2D eigenvalue weighted by Gasteiger charge is -2.25. The van der Waals surface area contributed by atoms with E-state index in [0.29, 0.717) is 6.54 Å². The number of nitrogens with two attached hydrogens (primary N) is 1. The summed E-state index contributed by atoms with van der Waals surface area (Å²) in [6.45, 7) is 6.05. The lowest BCUT2D eigenvalue weighted by atomic mass is 9.90. The zero-order valence-electron chi connectivity index (χ0n) is 13.4. The number of likely N-dealkylation sites (tertiary alicyclic amines) is 1. The van der Waals surface area contributed by atoms with Crippen LogP contribution in [0.25, 0.3) is 0 Å². The van der Waals surface area contributed by atoms with Crippen molar-refractivity contribution < 1.29 is 9.53 Å². The van der Waals surface area contributed by atoms with Gasteiger partial charge in [-0.1, -0.05) is 6.92 Å². The fraction of sp³-hybridized carbons (Fsp3) is 0.562. The predicted octanol–water partition coefficient (Wildman–Crippen LogP) is 2.79. The number of amides is 1. The van der Waals surface area contributed by atoms with Gasteiger partial charge >= 0.3 is 0 Å². The Labute approximate surface area is 143 Å². The highest BCUT2D eigenvalue weighted by atomic mass is 35.5. The zero-order valence-corrected chi connectivity index (χ0v) is 15.0. The van der Waals surface area contributed by atoms with Gasteiger partial charge in [0, 0.05) is 18.0 Å². The number of hydrogen-bond acceptors (Lipinski definition) is 4. The third-order valence-electron chi connectivity index (χ3n) is 4.08. The van der Waals surface area contributed by atoms with E-state index in [9.17, 15) is 4.79 Å². The molecule has 1 aliphatic rings. The van der Waals surface area contributed by atoms with Crippen molar-refractivity contribution in [3.05, 3.63) is 24.3 Å². The van der Waals surface area contributed by atoms with Crippen LogP contribution in [0.15, 0.2) is 29.2 Å². The minimum Gasteiger partial charge on any atom is -0.481 e. The molecule has 0 aliphatic carbocycles. The summed E-state index contributed by atoms with van der Waals surface area (Å²) < 4.78 is 5.76. The fourth-order valence-corrected chi connectivity index (χ4v) is 2.95. The minimum atomic E-state index is -0.467. The Morgan fingerprint density at radius 1 is 1.45 bits per heavy atom. The normalized spacial score (nSPS) is 22.1. The maximum atomic E-state index is 12.4. The van der Waals surface area contributed by atoms with E-state index < -0.39 is 6.10 Å². The summed E-state index contributed by atoms with van der Waals surface area (Å²) in [5, 5.41) is 0. The Hall–Kier alpha value is -0.910. The maximum Gasteiger partial charge on any atom is 0.263 e. The Balaban J connectivity index is 0.00000242. The van der Waals surface area contributed by atoms with Crippen LogP contribution < -0.4 is 10.5 Å². The Morgan fingerprint density at radius 2 is 2.09 bits per heavy atom. The summed E-state index contributed by atoms with van der Waals surface area (Å²) in [6, 6.07) is 7.81. The molecule has 1 fully saturated rings. The van der Waals surface area contributed by atoms with Gasteiger partial charge in [0.15, 0.2) is 6.10 Å². The number of benzene rings is 1. The molecule has 22 heavy (non-hydrogen) atoms. The van der Waals surface area contributed by atoms with Crippen LogP contribution in [0, 0.1) is 5.41 Å². The monoisotopic (exact) mass is 344 g/mol. The van der Waals surface area contributed by atoms with Gasteiger partial charge in [-0.15, -0.1) is 24.2 Å². The number of nitrogens with zero attached hydrogens (tertiary/aromatic N) is 1. The Bertz CT molecular complexity index is 497. The highest BCUT2D eigenvalue weighted by Gasteiger charge is 2.36. The molecule has 0 aromatic heterocycles. The summed E-state index contributed by atoms with van der Waals surface area (Å²) in [7, 11) is 0. The number of ether oxygens (including phenoxy) is 1. The molecule has 2 atom stereocenters. The smallest absolute Gasteiger partial charge is 0.263 e. The van der Waals surface area contributed by atoms with Gasteiger partial charge in [0.1, 0.15) is 5.75 Å². The molecule has 4 nitrogen and oxygen atoms in total. The number of hydrogen-bond donors (Lipinski definition) is 1. The van der Waals surface area contributed by atoms with Crippen LogP contribution in [0.1, 0.15) is 20.3 Å². The number of thioether (sulfide) groups is 1. The van der Waals surface area contributed by atoms with Crippen LogP contribution >= 0.6 is 24.2 Å². The molecule has 1 aromatic rings. The average Bonchev–Trinajstić information content (AvgIpc) is 2.90. The molecule has 0 spiro atoms. The van der Waals surface area contributed by atoms with Gasteiger partial charge in [0.2, 0.25) is 0 Å². The van der Waals surface area contributed by atoms with Crippen LogP contribution in [-0.4, -0.2) is 42.8 Å². The van der Waals surface area contributed by atoms with Crippen LogP contribution in [0.5, 0.6) is 5.75 Å². The van der Waals surface area contributed by atoms with Gasteiger partial charge < -0.3 is 15.4 Å². The minimum absolute atomic E-state index is 0. The SMILES string of the molecule is CSc1ccc(OC(C)C(=O)N2CCC(C)(CN)C2)cc1.Cl. The third kappa shape index (κ3) is 4.54. The van der Waals surface area contributed by atoms with Crippen LogP contribution in [0.2, 0.25) is 0 Å². The van der Waals surface area contributed by atoms with E-state index >= 15 is 0 Å². The van der Waals surface area contributed by atoms with Gasteiger partial charge in [-0.05, 0) is 55.8 Å². The summed E-state index contributed by atoms with van der Waals surface area (Å²) in [6.07, 6.45) is 2.53. The van der Waals surface area contributed by atoms with Crippen molar-refractivity contribution >= 4 is 30.1 Å². The first kappa shape index (κ1) is 19.1. The van der Waals surface area contributed by atoms with Gasteiger partial charge in [0.05, 0.1) is 0 Å². The summed E-state index contributed by atoms with van der Waals surface area (Å²) >= 11 is 1.68. The van der Waals surface area contributed by atoms with Gasteiger partial charge in [-0.3, -0.25) is 4.79 Å². The zero-order chi connectivity index (χ0) is 15.5. The lowest BCUT2D eigenvalue weighted by Crippen LogP contribution is -2.41. The van der Waals surface area contributed by atoms with Crippen molar-refractivity contribution in [3.8, 4) is 5.75 Å².